The zero-order valence-electron chi connectivity index (χ0n) is 15.2. The Kier molecular flexibility index (Phi) is 4.36. The second kappa shape index (κ2) is 6.82. The first-order valence-corrected chi connectivity index (χ1v) is 9.06. The Morgan fingerprint density at radius 1 is 1.42 bits per heavy atom. The molecule has 0 spiro atoms. The van der Waals surface area contributed by atoms with Crippen molar-refractivity contribution in [3.63, 3.8) is 0 Å². The van der Waals surface area contributed by atoms with E-state index in [2.05, 4.69) is 33.4 Å². The maximum absolute atomic E-state index is 12.6. The van der Waals surface area contributed by atoms with E-state index >= 15 is 0 Å². The summed E-state index contributed by atoms with van der Waals surface area (Å²) in [6, 6.07) is 6.45. The summed E-state index contributed by atoms with van der Waals surface area (Å²) in [6.45, 7) is 3.23. The molecule has 7 nitrogen and oxygen atoms in total. The highest BCUT2D eigenvalue weighted by Gasteiger charge is 2.32. The number of fused-ring (bicyclic) bond motifs is 1. The van der Waals surface area contributed by atoms with E-state index in [0.717, 1.165) is 40.8 Å². The molecule has 4 rings (SSSR count). The SMILES string of the molecule is Cc1cccc2[nH]c(CCNC(=O)N(Cc3cnn(C)c3)C3CC3)nc12. The number of urea groups is 1. The quantitative estimate of drug-likeness (QED) is 0.715. The van der Waals surface area contributed by atoms with Crippen LogP contribution in [0.15, 0.2) is 30.6 Å². The zero-order valence-corrected chi connectivity index (χ0v) is 15.2. The Hall–Kier alpha value is -2.83. The molecule has 2 N–H and O–H groups in total. The van der Waals surface area contributed by atoms with Crippen molar-refractivity contribution in [2.75, 3.05) is 6.54 Å². The summed E-state index contributed by atoms with van der Waals surface area (Å²) < 4.78 is 1.77. The van der Waals surface area contributed by atoms with E-state index in [4.69, 9.17) is 0 Å². The molecule has 1 fully saturated rings. The number of imidazole rings is 1. The van der Waals surface area contributed by atoms with E-state index in [1.165, 1.54) is 0 Å². The van der Waals surface area contributed by atoms with Crippen molar-refractivity contribution in [3.05, 3.63) is 47.5 Å². The lowest BCUT2D eigenvalue weighted by Gasteiger charge is -2.22. The van der Waals surface area contributed by atoms with Gasteiger partial charge in [0, 0.05) is 37.8 Å². The number of benzene rings is 1. The molecule has 1 aliphatic rings. The summed E-state index contributed by atoms with van der Waals surface area (Å²) >= 11 is 0. The minimum Gasteiger partial charge on any atom is -0.342 e. The van der Waals surface area contributed by atoms with Crippen LogP contribution in [0.1, 0.15) is 29.8 Å². The number of carbonyl (C=O) groups excluding carboxylic acids is 1. The summed E-state index contributed by atoms with van der Waals surface area (Å²) in [4.78, 5) is 22.5. The van der Waals surface area contributed by atoms with Crippen LogP contribution in [-0.4, -0.2) is 43.3 Å². The fourth-order valence-electron chi connectivity index (χ4n) is 3.24. The van der Waals surface area contributed by atoms with E-state index in [9.17, 15) is 4.79 Å². The number of nitrogens with zero attached hydrogens (tertiary/aromatic N) is 4. The third-order valence-corrected chi connectivity index (χ3v) is 4.76. The van der Waals surface area contributed by atoms with E-state index < -0.39 is 0 Å². The number of H-pyrrole nitrogens is 1. The molecule has 1 aromatic carbocycles. The number of para-hydroxylation sites is 1. The molecule has 0 unspecified atom stereocenters. The molecule has 26 heavy (non-hydrogen) atoms. The van der Waals surface area contributed by atoms with Gasteiger partial charge in [0.15, 0.2) is 0 Å². The molecular weight excluding hydrogens is 328 g/mol. The molecule has 7 heteroatoms. The molecule has 3 aromatic rings. The second-order valence-electron chi connectivity index (χ2n) is 7.02. The minimum atomic E-state index is -0.0105. The van der Waals surface area contributed by atoms with Crippen molar-refractivity contribution in [3.8, 4) is 0 Å². The Bertz CT molecular complexity index is 923. The Balaban J connectivity index is 1.35. The van der Waals surface area contributed by atoms with Crippen molar-refractivity contribution in [2.45, 2.75) is 38.8 Å². The lowest BCUT2D eigenvalue weighted by molar-refractivity contribution is 0.192. The first-order chi connectivity index (χ1) is 12.6. The van der Waals surface area contributed by atoms with Gasteiger partial charge in [-0.05, 0) is 31.4 Å². The molecule has 136 valence electrons. The normalized spacial score (nSPS) is 13.9. The van der Waals surface area contributed by atoms with Gasteiger partial charge < -0.3 is 15.2 Å². The van der Waals surface area contributed by atoms with Crippen LogP contribution in [0.5, 0.6) is 0 Å². The number of carbonyl (C=O) groups is 1. The van der Waals surface area contributed by atoms with Gasteiger partial charge in [0.1, 0.15) is 5.82 Å². The zero-order chi connectivity index (χ0) is 18.1. The first kappa shape index (κ1) is 16.6. The molecule has 0 atom stereocenters. The topological polar surface area (TPSA) is 78.8 Å². The number of hydrogen-bond acceptors (Lipinski definition) is 3. The summed E-state index contributed by atoms with van der Waals surface area (Å²) in [5, 5.41) is 7.22. The fraction of sp³-hybridized carbons (Fsp3) is 0.421. The van der Waals surface area contributed by atoms with Crippen molar-refractivity contribution in [1.29, 1.82) is 0 Å². The monoisotopic (exact) mass is 352 g/mol. The Morgan fingerprint density at radius 3 is 2.96 bits per heavy atom. The van der Waals surface area contributed by atoms with Gasteiger partial charge in [-0.1, -0.05) is 12.1 Å². The van der Waals surface area contributed by atoms with Gasteiger partial charge in [0.2, 0.25) is 0 Å². The molecule has 0 saturated heterocycles. The minimum absolute atomic E-state index is 0.0105. The van der Waals surface area contributed by atoms with Crippen molar-refractivity contribution in [2.24, 2.45) is 7.05 Å². The van der Waals surface area contributed by atoms with E-state index in [1.54, 1.807) is 4.68 Å². The second-order valence-corrected chi connectivity index (χ2v) is 7.02. The van der Waals surface area contributed by atoms with Gasteiger partial charge in [0.05, 0.1) is 23.8 Å². The predicted octanol–water partition coefficient (Wildman–Crippen LogP) is 2.52. The largest absolute Gasteiger partial charge is 0.342 e. The lowest BCUT2D eigenvalue weighted by atomic mass is 10.2. The van der Waals surface area contributed by atoms with Crippen LogP contribution in [-0.2, 0) is 20.0 Å². The van der Waals surface area contributed by atoms with E-state index in [0.29, 0.717) is 25.6 Å². The average molecular weight is 352 g/mol. The summed E-state index contributed by atoms with van der Waals surface area (Å²) in [5.74, 6) is 0.903. The Morgan fingerprint density at radius 2 is 2.27 bits per heavy atom. The predicted molar refractivity (Wildman–Crippen MR) is 99.7 cm³/mol. The van der Waals surface area contributed by atoms with Gasteiger partial charge >= 0.3 is 6.03 Å². The standard InChI is InChI=1S/C19H24N6O/c1-13-4-3-5-16-18(13)23-17(22-16)8-9-20-19(26)25(15-6-7-15)12-14-10-21-24(2)11-14/h3-5,10-11,15H,6-9,12H2,1-2H3,(H,20,26)(H,22,23). The van der Waals surface area contributed by atoms with E-state index in [1.807, 2.05) is 36.5 Å². The average Bonchev–Trinajstić information content (AvgIpc) is 3.23. The lowest BCUT2D eigenvalue weighted by Crippen LogP contribution is -2.41. The third kappa shape index (κ3) is 3.56. The van der Waals surface area contributed by atoms with Crippen LogP contribution >= 0.6 is 0 Å². The maximum Gasteiger partial charge on any atom is 0.317 e. The van der Waals surface area contributed by atoms with Gasteiger partial charge in [-0.3, -0.25) is 4.68 Å². The van der Waals surface area contributed by atoms with Crippen molar-refractivity contribution in [1.82, 2.24) is 30.0 Å². The molecule has 1 saturated carbocycles. The first-order valence-electron chi connectivity index (χ1n) is 9.06. The smallest absolute Gasteiger partial charge is 0.317 e. The summed E-state index contributed by atoms with van der Waals surface area (Å²) in [7, 11) is 1.89. The summed E-state index contributed by atoms with van der Waals surface area (Å²) in [5.41, 5.74) is 4.26. The number of aryl methyl sites for hydroxylation is 2. The van der Waals surface area contributed by atoms with Gasteiger partial charge in [-0.25, -0.2) is 9.78 Å². The van der Waals surface area contributed by atoms with E-state index in [-0.39, 0.29) is 6.03 Å². The van der Waals surface area contributed by atoms with Gasteiger partial charge in [0.25, 0.3) is 0 Å². The van der Waals surface area contributed by atoms with Gasteiger partial charge in [-0.2, -0.15) is 5.10 Å². The molecule has 2 aromatic heterocycles. The number of nitrogens with one attached hydrogen (secondary N) is 2. The number of rotatable bonds is 6. The van der Waals surface area contributed by atoms with Crippen molar-refractivity contribution < 1.29 is 4.79 Å². The number of hydrogen-bond donors (Lipinski definition) is 2. The van der Waals surface area contributed by atoms with Crippen LogP contribution in [0, 0.1) is 6.92 Å². The fourth-order valence-corrected chi connectivity index (χ4v) is 3.24. The molecule has 0 radical (unpaired) electrons. The molecule has 1 aliphatic carbocycles. The molecule has 0 aliphatic heterocycles. The number of amides is 2. The van der Waals surface area contributed by atoms with Crippen LogP contribution in [0.4, 0.5) is 4.79 Å². The van der Waals surface area contributed by atoms with Crippen LogP contribution in [0.2, 0.25) is 0 Å². The molecule has 2 amide bonds. The highest BCUT2D eigenvalue weighted by atomic mass is 16.2. The Labute approximate surface area is 152 Å². The van der Waals surface area contributed by atoms with Gasteiger partial charge in [-0.15, -0.1) is 0 Å². The highest BCUT2D eigenvalue weighted by molar-refractivity contribution is 5.78. The number of aromatic nitrogens is 4. The maximum atomic E-state index is 12.6. The molecular formula is C19H24N6O. The summed E-state index contributed by atoms with van der Waals surface area (Å²) in [6.07, 6.45) is 6.62. The van der Waals surface area contributed by atoms with Crippen LogP contribution < -0.4 is 5.32 Å². The molecule has 2 heterocycles. The highest BCUT2D eigenvalue weighted by Crippen LogP contribution is 2.28. The molecule has 0 bridgehead atoms. The van der Waals surface area contributed by atoms with Crippen LogP contribution in [0.25, 0.3) is 11.0 Å². The third-order valence-electron chi connectivity index (χ3n) is 4.76. The van der Waals surface area contributed by atoms with Crippen LogP contribution in [0.3, 0.4) is 0 Å². The van der Waals surface area contributed by atoms with Crippen molar-refractivity contribution >= 4 is 17.1 Å². The number of aromatic amines is 1.